The van der Waals surface area contributed by atoms with Crippen LogP contribution in [0.2, 0.25) is 5.02 Å². The Morgan fingerprint density at radius 2 is 2.30 bits per heavy atom. The molecular formula is C6H4BrClFN. The number of halogens is 3. The van der Waals surface area contributed by atoms with Crippen LogP contribution in [0.3, 0.4) is 0 Å². The van der Waals surface area contributed by atoms with E-state index in [1.54, 1.807) is 6.92 Å². The van der Waals surface area contributed by atoms with Crippen molar-refractivity contribution in [3.05, 3.63) is 27.2 Å². The van der Waals surface area contributed by atoms with Crippen LogP contribution in [0, 0.1) is 12.7 Å². The van der Waals surface area contributed by atoms with Gasteiger partial charge >= 0.3 is 0 Å². The van der Waals surface area contributed by atoms with Crippen molar-refractivity contribution in [2.45, 2.75) is 6.92 Å². The molecule has 0 aliphatic heterocycles. The lowest BCUT2D eigenvalue weighted by molar-refractivity contribution is 0.619. The zero-order valence-electron chi connectivity index (χ0n) is 5.16. The van der Waals surface area contributed by atoms with Crippen LogP contribution in [0.25, 0.3) is 0 Å². The Labute approximate surface area is 71.4 Å². The Morgan fingerprint density at radius 3 is 2.80 bits per heavy atom. The Morgan fingerprint density at radius 1 is 1.70 bits per heavy atom. The molecule has 10 heavy (non-hydrogen) atoms. The van der Waals surface area contributed by atoms with Crippen molar-refractivity contribution in [1.82, 2.24) is 4.98 Å². The van der Waals surface area contributed by atoms with Crippen LogP contribution >= 0.6 is 27.5 Å². The quantitative estimate of drug-likeness (QED) is 0.660. The maximum Gasteiger partial charge on any atom is 0.161 e. The first-order valence-corrected chi connectivity index (χ1v) is 3.76. The van der Waals surface area contributed by atoms with Gasteiger partial charge in [-0.15, -0.1) is 0 Å². The summed E-state index contributed by atoms with van der Waals surface area (Å²) in [6, 6.07) is 0. The predicted molar refractivity (Wildman–Crippen MR) is 41.6 cm³/mol. The molecule has 0 aromatic carbocycles. The molecule has 0 amide bonds. The van der Waals surface area contributed by atoms with Crippen molar-refractivity contribution in [3.63, 3.8) is 0 Å². The molecule has 0 aliphatic carbocycles. The van der Waals surface area contributed by atoms with E-state index in [9.17, 15) is 4.39 Å². The third-order valence-electron chi connectivity index (χ3n) is 1.09. The molecule has 0 fully saturated rings. The van der Waals surface area contributed by atoms with Gasteiger partial charge in [0.05, 0.1) is 21.4 Å². The molecule has 0 unspecified atom stereocenters. The molecule has 1 aromatic heterocycles. The van der Waals surface area contributed by atoms with Crippen LogP contribution in [-0.2, 0) is 0 Å². The van der Waals surface area contributed by atoms with E-state index in [-0.39, 0.29) is 5.02 Å². The lowest BCUT2D eigenvalue weighted by Crippen LogP contribution is -1.86. The van der Waals surface area contributed by atoms with Gasteiger partial charge in [-0.1, -0.05) is 11.6 Å². The van der Waals surface area contributed by atoms with Gasteiger partial charge in [0.25, 0.3) is 0 Å². The lowest BCUT2D eigenvalue weighted by Gasteiger charge is -1.98. The van der Waals surface area contributed by atoms with E-state index in [1.807, 2.05) is 0 Å². The smallest absolute Gasteiger partial charge is 0.161 e. The molecule has 0 bridgehead atoms. The average Bonchev–Trinajstić information content (AvgIpc) is 1.93. The number of aromatic nitrogens is 1. The van der Waals surface area contributed by atoms with E-state index >= 15 is 0 Å². The van der Waals surface area contributed by atoms with Crippen molar-refractivity contribution in [3.8, 4) is 0 Å². The molecule has 1 heterocycles. The van der Waals surface area contributed by atoms with E-state index < -0.39 is 5.82 Å². The molecule has 0 saturated carbocycles. The molecular weight excluding hydrogens is 220 g/mol. The van der Waals surface area contributed by atoms with Gasteiger partial charge in [0.1, 0.15) is 0 Å². The molecule has 1 rings (SSSR count). The third-order valence-corrected chi connectivity index (χ3v) is 2.66. The van der Waals surface area contributed by atoms with Crippen molar-refractivity contribution in [2.75, 3.05) is 0 Å². The highest BCUT2D eigenvalue weighted by atomic mass is 79.9. The first-order chi connectivity index (χ1) is 4.63. The monoisotopic (exact) mass is 223 g/mol. The topological polar surface area (TPSA) is 12.9 Å². The van der Waals surface area contributed by atoms with Gasteiger partial charge in [-0.2, -0.15) is 0 Å². The number of aryl methyl sites for hydroxylation is 1. The number of pyridine rings is 1. The maximum atomic E-state index is 12.5. The second-order valence-corrected chi connectivity index (χ2v) is 2.99. The van der Waals surface area contributed by atoms with E-state index in [0.29, 0.717) is 10.2 Å². The van der Waals surface area contributed by atoms with Crippen molar-refractivity contribution in [2.24, 2.45) is 0 Å². The SMILES string of the molecule is Cc1ncc(F)c(Cl)c1Br. The molecule has 1 nitrogen and oxygen atoms in total. The van der Waals surface area contributed by atoms with Crippen molar-refractivity contribution >= 4 is 27.5 Å². The average molecular weight is 224 g/mol. The minimum absolute atomic E-state index is 0.0903. The van der Waals surface area contributed by atoms with E-state index in [1.165, 1.54) is 0 Å². The second-order valence-electron chi connectivity index (χ2n) is 1.82. The summed E-state index contributed by atoms with van der Waals surface area (Å²) in [5, 5.41) is 0.0903. The number of hydrogen-bond acceptors (Lipinski definition) is 1. The van der Waals surface area contributed by atoms with Gasteiger partial charge in [-0.05, 0) is 22.9 Å². The highest BCUT2D eigenvalue weighted by molar-refractivity contribution is 9.10. The summed E-state index contributed by atoms with van der Waals surface area (Å²) in [5.74, 6) is -0.501. The molecule has 0 atom stereocenters. The van der Waals surface area contributed by atoms with E-state index in [4.69, 9.17) is 11.6 Å². The highest BCUT2D eigenvalue weighted by Gasteiger charge is 2.06. The van der Waals surface area contributed by atoms with Crippen LogP contribution in [0.5, 0.6) is 0 Å². The maximum absolute atomic E-state index is 12.5. The predicted octanol–water partition coefficient (Wildman–Crippen LogP) is 2.95. The number of rotatable bonds is 0. The van der Waals surface area contributed by atoms with Gasteiger partial charge < -0.3 is 0 Å². The fraction of sp³-hybridized carbons (Fsp3) is 0.167. The van der Waals surface area contributed by atoms with Gasteiger partial charge in [-0.25, -0.2) is 4.39 Å². The zero-order valence-corrected chi connectivity index (χ0v) is 7.50. The molecule has 0 N–H and O–H groups in total. The summed E-state index contributed by atoms with van der Waals surface area (Å²) in [5.41, 5.74) is 0.686. The van der Waals surface area contributed by atoms with Crippen LogP contribution in [0.4, 0.5) is 4.39 Å². The molecule has 1 aromatic rings. The Kier molecular flexibility index (Phi) is 2.26. The standard InChI is InChI=1S/C6H4BrClFN/c1-3-5(7)6(8)4(9)2-10-3/h2H,1H3. The lowest BCUT2D eigenvalue weighted by atomic mass is 10.4. The van der Waals surface area contributed by atoms with Crippen molar-refractivity contribution < 1.29 is 4.39 Å². The second kappa shape index (κ2) is 2.84. The summed E-state index contributed by atoms with van der Waals surface area (Å²) >= 11 is 8.62. The Hall–Kier alpha value is -0.150. The molecule has 0 aliphatic rings. The van der Waals surface area contributed by atoms with Gasteiger partial charge in [0.15, 0.2) is 5.82 Å². The minimum Gasteiger partial charge on any atom is -0.257 e. The van der Waals surface area contributed by atoms with Gasteiger partial charge in [-0.3, -0.25) is 4.98 Å². The first-order valence-electron chi connectivity index (χ1n) is 2.59. The van der Waals surface area contributed by atoms with E-state index in [2.05, 4.69) is 20.9 Å². The molecule has 4 heteroatoms. The zero-order chi connectivity index (χ0) is 7.72. The molecule has 0 spiro atoms. The third kappa shape index (κ3) is 1.30. The fourth-order valence-electron chi connectivity index (χ4n) is 0.531. The van der Waals surface area contributed by atoms with E-state index in [0.717, 1.165) is 6.20 Å². The van der Waals surface area contributed by atoms with Crippen LogP contribution in [0.15, 0.2) is 10.7 Å². The molecule has 0 saturated heterocycles. The number of hydrogen-bond donors (Lipinski definition) is 0. The van der Waals surface area contributed by atoms with Crippen LogP contribution in [-0.4, -0.2) is 4.98 Å². The summed E-state index contributed by atoms with van der Waals surface area (Å²) in [4.78, 5) is 3.73. The van der Waals surface area contributed by atoms with Crippen LogP contribution < -0.4 is 0 Å². The first kappa shape index (κ1) is 7.95. The fourth-order valence-corrected chi connectivity index (χ4v) is 1.01. The Bertz CT molecular complexity index is 237. The summed E-state index contributed by atoms with van der Waals surface area (Å²) in [6.45, 7) is 1.75. The normalized spacial score (nSPS) is 10.0. The van der Waals surface area contributed by atoms with Gasteiger partial charge in [0, 0.05) is 0 Å². The van der Waals surface area contributed by atoms with Crippen LogP contribution in [0.1, 0.15) is 5.69 Å². The largest absolute Gasteiger partial charge is 0.257 e. The highest BCUT2D eigenvalue weighted by Crippen LogP contribution is 2.26. The van der Waals surface area contributed by atoms with Gasteiger partial charge in [0.2, 0.25) is 0 Å². The summed E-state index contributed by atoms with van der Waals surface area (Å²) < 4.78 is 13.1. The molecule has 0 radical (unpaired) electrons. The Balaban J connectivity index is 3.34. The summed E-state index contributed by atoms with van der Waals surface area (Å²) in [7, 11) is 0. The summed E-state index contributed by atoms with van der Waals surface area (Å²) in [6.07, 6.45) is 1.10. The van der Waals surface area contributed by atoms with Crippen molar-refractivity contribution in [1.29, 1.82) is 0 Å². The number of nitrogens with zero attached hydrogens (tertiary/aromatic N) is 1. The molecule has 54 valence electrons. The minimum atomic E-state index is -0.501.